The molecule has 1 N–H and O–H groups in total. The average molecular weight is 242 g/mol. The lowest BCUT2D eigenvalue weighted by atomic mass is 10.2. The zero-order valence-electron chi connectivity index (χ0n) is 10.2. The molecule has 1 unspecified atom stereocenters. The Balaban J connectivity index is 2.48. The summed E-state index contributed by atoms with van der Waals surface area (Å²) in [5, 5.41) is 12.4. The van der Waals surface area contributed by atoms with Gasteiger partial charge in [-0.2, -0.15) is 4.98 Å². The Morgan fingerprint density at radius 2 is 2.29 bits per heavy atom. The predicted octanol–water partition coefficient (Wildman–Crippen LogP) is 1.96. The van der Waals surface area contributed by atoms with Crippen molar-refractivity contribution in [2.45, 2.75) is 45.6 Å². The Labute approximate surface area is 100.0 Å². The zero-order valence-corrected chi connectivity index (χ0v) is 10.2. The maximum absolute atomic E-state index is 10.3. The van der Waals surface area contributed by atoms with Crippen LogP contribution in [0.15, 0.2) is 4.52 Å². The van der Waals surface area contributed by atoms with Crippen LogP contribution in [0.5, 0.6) is 0 Å². The lowest BCUT2D eigenvalue weighted by Crippen LogP contribution is -2.05. The number of carbonyl (C=O) groups is 1. The van der Waals surface area contributed by atoms with Crippen LogP contribution in [0, 0.1) is 0 Å². The van der Waals surface area contributed by atoms with E-state index >= 15 is 0 Å². The van der Waals surface area contributed by atoms with E-state index in [0.29, 0.717) is 31.2 Å². The van der Waals surface area contributed by atoms with Gasteiger partial charge in [0.15, 0.2) is 0 Å². The lowest BCUT2D eigenvalue weighted by Gasteiger charge is -2.09. The Kier molecular flexibility index (Phi) is 5.62. The second kappa shape index (κ2) is 7.01. The van der Waals surface area contributed by atoms with Crippen LogP contribution in [-0.2, 0) is 16.0 Å². The maximum Gasteiger partial charge on any atom is 0.303 e. The molecule has 1 atom stereocenters. The molecule has 17 heavy (non-hydrogen) atoms. The number of nitrogens with zero attached hydrogens (tertiary/aromatic N) is 2. The van der Waals surface area contributed by atoms with Crippen LogP contribution in [0.3, 0.4) is 0 Å². The highest BCUT2D eigenvalue weighted by molar-refractivity contribution is 5.66. The molecule has 6 heteroatoms. The largest absolute Gasteiger partial charge is 0.481 e. The number of carboxylic acid groups (broad SMARTS) is 1. The van der Waals surface area contributed by atoms with Crippen molar-refractivity contribution in [3.8, 4) is 0 Å². The van der Waals surface area contributed by atoms with E-state index < -0.39 is 5.97 Å². The molecule has 0 amide bonds. The monoisotopic (exact) mass is 242 g/mol. The van der Waals surface area contributed by atoms with Crippen LogP contribution in [0.1, 0.15) is 50.9 Å². The molecule has 0 aliphatic heterocycles. The van der Waals surface area contributed by atoms with Gasteiger partial charge in [0.1, 0.15) is 6.10 Å². The molecule has 0 fully saturated rings. The molecule has 0 aromatic carbocycles. The van der Waals surface area contributed by atoms with Crippen molar-refractivity contribution in [2.75, 3.05) is 6.61 Å². The molecule has 0 spiro atoms. The number of ether oxygens (including phenoxy) is 1. The molecule has 0 radical (unpaired) electrons. The number of carboxylic acids is 1. The molecule has 0 saturated carbocycles. The highest BCUT2D eigenvalue weighted by Crippen LogP contribution is 2.18. The van der Waals surface area contributed by atoms with E-state index in [2.05, 4.69) is 10.1 Å². The third kappa shape index (κ3) is 4.52. The molecule has 1 heterocycles. The van der Waals surface area contributed by atoms with Gasteiger partial charge >= 0.3 is 5.97 Å². The Hall–Kier alpha value is -1.43. The van der Waals surface area contributed by atoms with Crippen LogP contribution in [0.4, 0.5) is 0 Å². The molecule has 0 aliphatic rings. The van der Waals surface area contributed by atoms with Gasteiger partial charge in [-0.3, -0.25) is 4.79 Å². The first-order chi connectivity index (χ1) is 8.17. The van der Waals surface area contributed by atoms with Crippen LogP contribution in [0.25, 0.3) is 0 Å². The first kappa shape index (κ1) is 13.6. The van der Waals surface area contributed by atoms with Gasteiger partial charge in [0.2, 0.25) is 11.7 Å². The summed E-state index contributed by atoms with van der Waals surface area (Å²) >= 11 is 0. The van der Waals surface area contributed by atoms with E-state index in [-0.39, 0.29) is 12.5 Å². The summed E-state index contributed by atoms with van der Waals surface area (Å²) in [6.07, 6.45) is 1.74. The summed E-state index contributed by atoms with van der Waals surface area (Å²) in [6, 6.07) is 0. The standard InChI is InChI=1S/C11H18N2O4/c1-3-8(16-4-2)11-12-9(17-13-11)6-5-7-10(14)15/h8H,3-7H2,1-2H3,(H,14,15). The SMILES string of the molecule is CCOC(CC)c1noc(CCCC(=O)O)n1. The normalized spacial score (nSPS) is 12.6. The van der Waals surface area contributed by atoms with Crippen molar-refractivity contribution in [3.05, 3.63) is 11.7 Å². The molecule has 1 aromatic heterocycles. The molecular formula is C11H18N2O4. The maximum atomic E-state index is 10.3. The average Bonchev–Trinajstić information content (AvgIpc) is 2.74. The summed E-state index contributed by atoms with van der Waals surface area (Å²) < 4.78 is 10.5. The van der Waals surface area contributed by atoms with Crippen LogP contribution < -0.4 is 0 Å². The van der Waals surface area contributed by atoms with E-state index in [1.165, 1.54) is 0 Å². The van der Waals surface area contributed by atoms with Crippen molar-refractivity contribution in [1.82, 2.24) is 10.1 Å². The first-order valence-corrected chi connectivity index (χ1v) is 5.83. The van der Waals surface area contributed by atoms with Crippen LogP contribution in [0.2, 0.25) is 0 Å². The van der Waals surface area contributed by atoms with Crippen molar-refractivity contribution in [2.24, 2.45) is 0 Å². The second-order valence-electron chi connectivity index (χ2n) is 3.65. The fourth-order valence-corrected chi connectivity index (χ4v) is 1.47. The third-order valence-corrected chi connectivity index (χ3v) is 2.29. The smallest absolute Gasteiger partial charge is 0.303 e. The second-order valence-corrected chi connectivity index (χ2v) is 3.65. The minimum absolute atomic E-state index is 0.111. The number of hydrogen-bond donors (Lipinski definition) is 1. The molecule has 96 valence electrons. The molecule has 1 aromatic rings. The van der Waals surface area contributed by atoms with Gasteiger partial charge in [-0.05, 0) is 19.8 Å². The van der Waals surface area contributed by atoms with Gasteiger partial charge in [0.25, 0.3) is 0 Å². The van der Waals surface area contributed by atoms with Crippen molar-refractivity contribution in [1.29, 1.82) is 0 Å². The summed E-state index contributed by atoms with van der Waals surface area (Å²) in [5.74, 6) is 0.199. The topological polar surface area (TPSA) is 85.5 Å². The molecule has 1 rings (SSSR count). The highest BCUT2D eigenvalue weighted by Gasteiger charge is 2.16. The van der Waals surface area contributed by atoms with Crippen LogP contribution >= 0.6 is 0 Å². The number of aromatic nitrogens is 2. The first-order valence-electron chi connectivity index (χ1n) is 5.83. The van der Waals surface area contributed by atoms with Gasteiger partial charge in [0.05, 0.1) is 0 Å². The summed E-state index contributed by atoms with van der Waals surface area (Å²) in [7, 11) is 0. The van der Waals surface area contributed by atoms with Crippen molar-refractivity contribution < 1.29 is 19.2 Å². The zero-order chi connectivity index (χ0) is 12.7. The van der Waals surface area contributed by atoms with Gasteiger partial charge in [-0.15, -0.1) is 0 Å². The molecule has 0 saturated heterocycles. The highest BCUT2D eigenvalue weighted by atomic mass is 16.5. The molecule has 0 bridgehead atoms. The summed E-state index contributed by atoms with van der Waals surface area (Å²) in [5.41, 5.74) is 0. The van der Waals surface area contributed by atoms with Gasteiger partial charge in [-0.1, -0.05) is 12.1 Å². The summed E-state index contributed by atoms with van der Waals surface area (Å²) in [6.45, 7) is 4.50. The third-order valence-electron chi connectivity index (χ3n) is 2.29. The van der Waals surface area contributed by atoms with Gasteiger partial charge < -0.3 is 14.4 Å². The minimum Gasteiger partial charge on any atom is -0.481 e. The van der Waals surface area contributed by atoms with Crippen LogP contribution in [-0.4, -0.2) is 27.8 Å². The molecular weight excluding hydrogens is 224 g/mol. The predicted molar refractivity (Wildman–Crippen MR) is 59.5 cm³/mol. The molecule has 0 aliphatic carbocycles. The van der Waals surface area contributed by atoms with Crippen molar-refractivity contribution >= 4 is 5.97 Å². The Morgan fingerprint density at radius 3 is 2.88 bits per heavy atom. The number of aryl methyl sites for hydroxylation is 1. The molecule has 6 nitrogen and oxygen atoms in total. The Morgan fingerprint density at radius 1 is 1.53 bits per heavy atom. The van der Waals surface area contributed by atoms with Gasteiger partial charge in [-0.25, -0.2) is 0 Å². The Bertz CT molecular complexity index is 351. The van der Waals surface area contributed by atoms with E-state index in [4.69, 9.17) is 14.4 Å². The lowest BCUT2D eigenvalue weighted by molar-refractivity contribution is -0.137. The number of rotatable bonds is 8. The minimum atomic E-state index is -0.814. The fraction of sp³-hybridized carbons (Fsp3) is 0.727. The van der Waals surface area contributed by atoms with E-state index in [1.807, 2.05) is 13.8 Å². The van der Waals surface area contributed by atoms with E-state index in [9.17, 15) is 4.79 Å². The van der Waals surface area contributed by atoms with Crippen molar-refractivity contribution in [3.63, 3.8) is 0 Å². The number of hydrogen-bond acceptors (Lipinski definition) is 5. The van der Waals surface area contributed by atoms with E-state index in [0.717, 1.165) is 6.42 Å². The number of aliphatic carboxylic acids is 1. The quantitative estimate of drug-likeness (QED) is 0.750. The van der Waals surface area contributed by atoms with Gasteiger partial charge in [0, 0.05) is 19.4 Å². The van der Waals surface area contributed by atoms with E-state index in [1.54, 1.807) is 0 Å². The summed E-state index contributed by atoms with van der Waals surface area (Å²) in [4.78, 5) is 14.5. The fourth-order valence-electron chi connectivity index (χ4n) is 1.47.